The highest BCUT2D eigenvalue weighted by atomic mass is 79.9. The molecule has 82 valence electrons. The van der Waals surface area contributed by atoms with Gasteiger partial charge >= 0.3 is 0 Å². The Kier molecular flexibility index (Phi) is 3.41. The van der Waals surface area contributed by atoms with Crippen molar-refractivity contribution in [3.05, 3.63) is 50.6 Å². The Balaban J connectivity index is 2.38. The molecule has 0 aliphatic heterocycles. The molecule has 0 radical (unpaired) electrons. The first-order valence-corrected chi connectivity index (χ1v) is 6.36. The van der Waals surface area contributed by atoms with Crippen molar-refractivity contribution in [2.24, 2.45) is 0 Å². The van der Waals surface area contributed by atoms with Crippen LogP contribution in [0.25, 0.3) is 0 Å². The van der Waals surface area contributed by atoms with E-state index in [0.717, 1.165) is 15.8 Å². The average Bonchev–Trinajstić information content (AvgIpc) is 2.81. The molecule has 4 heteroatoms. The second-order valence-electron chi connectivity index (χ2n) is 3.19. The SMILES string of the molecule is COc1ccc(C(=O)c2ccsc2)c(Br)c1. The van der Waals surface area contributed by atoms with E-state index in [-0.39, 0.29) is 5.78 Å². The zero-order valence-electron chi connectivity index (χ0n) is 8.57. The maximum atomic E-state index is 12.1. The Morgan fingerprint density at radius 2 is 2.19 bits per heavy atom. The molecule has 2 nitrogen and oxygen atoms in total. The van der Waals surface area contributed by atoms with Crippen molar-refractivity contribution >= 4 is 33.0 Å². The second-order valence-corrected chi connectivity index (χ2v) is 4.82. The van der Waals surface area contributed by atoms with Crippen LogP contribution in [-0.4, -0.2) is 12.9 Å². The molecule has 0 spiro atoms. The van der Waals surface area contributed by atoms with Gasteiger partial charge in [0.15, 0.2) is 5.78 Å². The van der Waals surface area contributed by atoms with Gasteiger partial charge in [0.2, 0.25) is 0 Å². The number of hydrogen-bond donors (Lipinski definition) is 0. The fourth-order valence-electron chi connectivity index (χ4n) is 1.36. The first-order valence-electron chi connectivity index (χ1n) is 4.63. The minimum Gasteiger partial charge on any atom is -0.497 e. The summed E-state index contributed by atoms with van der Waals surface area (Å²) in [6, 6.07) is 7.16. The lowest BCUT2D eigenvalue weighted by molar-refractivity contribution is 0.103. The van der Waals surface area contributed by atoms with Gasteiger partial charge in [0.25, 0.3) is 0 Å². The van der Waals surface area contributed by atoms with Gasteiger partial charge in [0, 0.05) is 21.0 Å². The third-order valence-corrected chi connectivity index (χ3v) is 3.54. The summed E-state index contributed by atoms with van der Waals surface area (Å²) in [5.74, 6) is 0.754. The summed E-state index contributed by atoms with van der Waals surface area (Å²) < 4.78 is 5.83. The van der Waals surface area contributed by atoms with Crippen molar-refractivity contribution in [3.63, 3.8) is 0 Å². The summed E-state index contributed by atoms with van der Waals surface area (Å²) in [4.78, 5) is 12.1. The van der Waals surface area contributed by atoms with E-state index >= 15 is 0 Å². The van der Waals surface area contributed by atoms with Crippen molar-refractivity contribution in [1.82, 2.24) is 0 Å². The third-order valence-electron chi connectivity index (χ3n) is 2.20. The van der Waals surface area contributed by atoms with E-state index in [2.05, 4.69) is 15.9 Å². The number of hydrogen-bond acceptors (Lipinski definition) is 3. The maximum Gasteiger partial charge on any atom is 0.194 e. The van der Waals surface area contributed by atoms with Crippen LogP contribution in [0.5, 0.6) is 5.75 Å². The van der Waals surface area contributed by atoms with Gasteiger partial charge < -0.3 is 4.74 Å². The molecule has 0 aliphatic carbocycles. The minimum absolute atomic E-state index is 0.0239. The van der Waals surface area contributed by atoms with Crippen LogP contribution < -0.4 is 4.74 Å². The van der Waals surface area contributed by atoms with Gasteiger partial charge in [0.1, 0.15) is 5.75 Å². The first kappa shape index (κ1) is 11.4. The predicted octanol–water partition coefficient (Wildman–Crippen LogP) is 3.75. The normalized spacial score (nSPS) is 10.1. The maximum absolute atomic E-state index is 12.1. The molecular formula is C12H9BrO2S. The molecule has 0 saturated heterocycles. The number of methoxy groups -OCH3 is 1. The molecule has 1 heterocycles. The van der Waals surface area contributed by atoms with Gasteiger partial charge in [-0.3, -0.25) is 4.79 Å². The number of ether oxygens (including phenoxy) is 1. The Hall–Kier alpha value is -1.13. The van der Waals surface area contributed by atoms with Gasteiger partial charge in [-0.25, -0.2) is 0 Å². The number of thiophene rings is 1. The standard InChI is InChI=1S/C12H9BrO2S/c1-15-9-2-3-10(11(13)6-9)12(14)8-4-5-16-7-8/h2-7H,1H3. The van der Waals surface area contributed by atoms with E-state index in [9.17, 15) is 4.79 Å². The van der Waals surface area contributed by atoms with Crippen molar-refractivity contribution in [1.29, 1.82) is 0 Å². The number of carbonyl (C=O) groups is 1. The average molecular weight is 297 g/mol. The number of carbonyl (C=O) groups excluding carboxylic acids is 1. The predicted molar refractivity (Wildman–Crippen MR) is 68.4 cm³/mol. The quantitative estimate of drug-likeness (QED) is 0.807. The number of benzene rings is 1. The molecule has 0 amide bonds. The molecule has 1 aromatic heterocycles. The van der Waals surface area contributed by atoms with Crippen LogP contribution >= 0.6 is 27.3 Å². The summed E-state index contributed by atoms with van der Waals surface area (Å²) in [6.07, 6.45) is 0. The molecule has 0 aliphatic rings. The van der Waals surface area contributed by atoms with Crippen LogP contribution in [0.3, 0.4) is 0 Å². The van der Waals surface area contributed by atoms with Crippen molar-refractivity contribution < 1.29 is 9.53 Å². The summed E-state index contributed by atoms with van der Waals surface area (Å²) in [7, 11) is 1.60. The molecular weight excluding hydrogens is 288 g/mol. The van der Waals surface area contributed by atoms with Crippen LogP contribution in [-0.2, 0) is 0 Å². The lowest BCUT2D eigenvalue weighted by atomic mass is 10.1. The van der Waals surface area contributed by atoms with Crippen LogP contribution in [0.15, 0.2) is 39.5 Å². The van der Waals surface area contributed by atoms with Crippen LogP contribution in [0.4, 0.5) is 0 Å². The third kappa shape index (κ3) is 2.18. The van der Waals surface area contributed by atoms with E-state index in [1.807, 2.05) is 16.8 Å². The van der Waals surface area contributed by atoms with E-state index in [0.29, 0.717) is 5.56 Å². The number of rotatable bonds is 3. The van der Waals surface area contributed by atoms with Gasteiger partial charge in [-0.15, -0.1) is 0 Å². The van der Waals surface area contributed by atoms with Gasteiger partial charge in [-0.2, -0.15) is 11.3 Å². The highest BCUT2D eigenvalue weighted by Crippen LogP contribution is 2.25. The molecule has 1 aromatic carbocycles. The lowest BCUT2D eigenvalue weighted by Gasteiger charge is -2.04. The molecule has 0 saturated carbocycles. The Morgan fingerprint density at radius 1 is 1.38 bits per heavy atom. The molecule has 0 bridgehead atoms. The lowest BCUT2D eigenvalue weighted by Crippen LogP contribution is -2.00. The molecule has 0 atom stereocenters. The topological polar surface area (TPSA) is 26.3 Å². The van der Waals surface area contributed by atoms with Crippen LogP contribution in [0.2, 0.25) is 0 Å². The largest absolute Gasteiger partial charge is 0.497 e. The van der Waals surface area contributed by atoms with E-state index in [4.69, 9.17) is 4.74 Å². The van der Waals surface area contributed by atoms with E-state index < -0.39 is 0 Å². The fourth-order valence-corrected chi connectivity index (χ4v) is 2.53. The summed E-state index contributed by atoms with van der Waals surface area (Å²) in [6.45, 7) is 0. The highest BCUT2D eigenvalue weighted by Gasteiger charge is 2.13. The summed E-state index contributed by atoms with van der Waals surface area (Å²) >= 11 is 4.89. The van der Waals surface area contributed by atoms with Crippen LogP contribution in [0, 0.1) is 0 Å². The van der Waals surface area contributed by atoms with E-state index in [1.54, 1.807) is 25.3 Å². The summed E-state index contributed by atoms with van der Waals surface area (Å²) in [5.41, 5.74) is 1.37. The summed E-state index contributed by atoms with van der Waals surface area (Å²) in [5, 5.41) is 3.74. The molecule has 2 rings (SSSR count). The highest BCUT2D eigenvalue weighted by molar-refractivity contribution is 9.10. The van der Waals surface area contributed by atoms with Crippen LogP contribution in [0.1, 0.15) is 15.9 Å². The fraction of sp³-hybridized carbons (Fsp3) is 0.0833. The monoisotopic (exact) mass is 296 g/mol. The molecule has 0 N–H and O–H groups in total. The first-order chi connectivity index (χ1) is 7.72. The van der Waals surface area contributed by atoms with Gasteiger partial charge in [-0.05, 0) is 45.6 Å². The molecule has 2 aromatic rings. The smallest absolute Gasteiger partial charge is 0.194 e. The zero-order valence-corrected chi connectivity index (χ0v) is 11.0. The van der Waals surface area contributed by atoms with Gasteiger partial charge in [0.05, 0.1) is 7.11 Å². The number of ketones is 1. The Bertz CT molecular complexity index is 506. The van der Waals surface area contributed by atoms with E-state index in [1.165, 1.54) is 11.3 Å². The zero-order chi connectivity index (χ0) is 11.5. The molecule has 0 unspecified atom stereocenters. The second kappa shape index (κ2) is 4.80. The Morgan fingerprint density at radius 3 is 2.75 bits per heavy atom. The van der Waals surface area contributed by atoms with Crippen molar-refractivity contribution in [2.75, 3.05) is 7.11 Å². The molecule has 0 fully saturated rings. The Labute approximate surface area is 106 Å². The van der Waals surface area contributed by atoms with Crippen molar-refractivity contribution in [2.45, 2.75) is 0 Å². The van der Waals surface area contributed by atoms with Crippen molar-refractivity contribution in [3.8, 4) is 5.75 Å². The number of halogens is 1. The minimum atomic E-state index is 0.0239. The molecule has 16 heavy (non-hydrogen) atoms. The van der Waals surface area contributed by atoms with Gasteiger partial charge in [-0.1, -0.05) is 0 Å².